The van der Waals surface area contributed by atoms with Crippen LogP contribution in [-0.2, 0) is 17.8 Å². The summed E-state index contributed by atoms with van der Waals surface area (Å²) in [6.07, 6.45) is 3.77. The number of nitrogens with one attached hydrogen (secondary N) is 1. The van der Waals surface area contributed by atoms with Gasteiger partial charge in [0.2, 0.25) is 5.91 Å². The number of hydrogen-bond donors (Lipinski definition) is 1. The highest BCUT2D eigenvalue weighted by Gasteiger charge is 2.30. The van der Waals surface area contributed by atoms with Crippen molar-refractivity contribution in [3.63, 3.8) is 0 Å². The fourth-order valence-corrected chi connectivity index (χ4v) is 4.14. The Morgan fingerprint density at radius 3 is 2.81 bits per heavy atom. The molecule has 0 bridgehead atoms. The largest absolute Gasteiger partial charge is 0.493 e. The van der Waals surface area contributed by atoms with Crippen LogP contribution in [0.25, 0.3) is 11.7 Å². The van der Waals surface area contributed by atoms with Crippen molar-refractivity contribution in [3.8, 4) is 23.1 Å². The van der Waals surface area contributed by atoms with Gasteiger partial charge in [0.1, 0.15) is 18.1 Å². The first-order chi connectivity index (χ1) is 15.0. The molecule has 1 fully saturated rings. The van der Waals surface area contributed by atoms with Crippen LogP contribution in [0.4, 0.5) is 4.79 Å². The Morgan fingerprint density at radius 2 is 2.10 bits per heavy atom. The van der Waals surface area contributed by atoms with Crippen molar-refractivity contribution in [2.75, 3.05) is 7.11 Å². The molecule has 2 amide bonds. The number of carbonyl (C=O) groups excluding carboxylic acids is 2. The second kappa shape index (κ2) is 9.30. The summed E-state index contributed by atoms with van der Waals surface area (Å²) in [6.45, 7) is 2.06. The van der Waals surface area contributed by atoms with Crippen LogP contribution in [0.5, 0.6) is 11.5 Å². The van der Waals surface area contributed by atoms with Gasteiger partial charge in [-0.1, -0.05) is 17.8 Å². The van der Waals surface area contributed by atoms with E-state index >= 15 is 0 Å². The molecule has 4 rings (SSSR count). The van der Waals surface area contributed by atoms with Gasteiger partial charge in [0.05, 0.1) is 18.6 Å². The number of thioether (sulfide) groups is 1. The number of aromatic nitrogens is 1. The molecule has 0 aliphatic carbocycles. The number of rotatable bonds is 9. The minimum atomic E-state index is -0.297. The highest BCUT2D eigenvalue weighted by molar-refractivity contribution is 8.15. The first kappa shape index (κ1) is 21.0. The second-order valence-electron chi connectivity index (χ2n) is 7.05. The van der Waals surface area contributed by atoms with Crippen molar-refractivity contribution >= 4 is 22.9 Å². The van der Waals surface area contributed by atoms with Crippen molar-refractivity contribution in [3.05, 3.63) is 53.6 Å². The van der Waals surface area contributed by atoms with Crippen molar-refractivity contribution < 1.29 is 27.9 Å². The molecule has 0 radical (unpaired) electrons. The number of oxazole rings is 1. The standard InChI is InChI=1S/C22H22N2O6S/c1-13-15(23-21(30-13)17-6-4-10-28-17)12-29-16-9-8-14(11-18(16)27-2)5-3-7-19-20(25)24-22(26)31-19/h4,6,8-11,19H,3,5,7,12H2,1-2H3,(H,24,25,26)/t19-/m1/s1. The third kappa shape index (κ3) is 4.93. The van der Waals surface area contributed by atoms with E-state index in [1.165, 1.54) is 0 Å². The van der Waals surface area contributed by atoms with Crippen LogP contribution in [0, 0.1) is 6.92 Å². The number of methoxy groups -OCH3 is 1. The summed E-state index contributed by atoms with van der Waals surface area (Å²) in [5.74, 6) is 2.66. The maximum Gasteiger partial charge on any atom is 0.286 e. The zero-order valence-electron chi connectivity index (χ0n) is 17.2. The van der Waals surface area contributed by atoms with E-state index in [0.717, 1.165) is 30.2 Å². The highest BCUT2D eigenvalue weighted by atomic mass is 32.2. The lowest BCUT2D eigenvalue weighted by molar-refractivity contribution is -0.119. The Labute approximate surface area is 183 Å². The molecule has 1 aromatic carbocycles. The minimum absolute atomic E-state index is 0.199. The smallest absolute Gasteiger partial charge is 0.286 e. The Kier molecular flexibility index (Phi) is 6.31. The SMILES string of the molecule is COc1cc(CCC[C@H]2SC(=O)NC2=O)ccc1OCc1nc(-c2ccco2)oc1C. The number of nitrogens with zero attached hydrogens (tertiary/aromatic N) is 1. The Balaban J connectivity index is 1.35. The van der Waals surface area contributed by atoms with Gasteiger partial charge in [0, 0.05) is 0 Å². The summed E-state index contributed by atoms with van der Waals surface area (Å²) >= 11 is 1.06. The first-order valence-corrected chi connectivity index (χ1v) is 10.7. The molecule has 3 heterocycles. The maximum absolute atomic E-state index is 11.6. The molecule has 3 aromatic rings. The number of benzene rings is 1. The van der Waals surface area contributed by atoms with Gasteiger partial charge in [0.25, 0.3) is 11.1 Å². The number of ether oxygens (including phenoxy) is 2. The van der Waals surface area contributed by atoms with E-state index in [4.69, 9.17) is 18.3 Å². The Morgan fingerprint density at radius 1 is 1.23 bits per heavy atom. The second-order valence-corrected chi connectivity index (χ2v) is 8.22. The number of carbonyl (C=O) groups is 2. The van der Waals surface area contributed by atoms with Gasteiger partial charge in [-0.25, -0.2) is 4.98 Å². The summed E-state index contributed by atoms with van der Waals surface area (Å²) in [4.78, 5) is 27.3. The lowest BCUT2D eigenvalue weighted by atomic mass is 10.1. The van der Waals surface area contributed by atoms with E-state index in [9.17, 15) is 9.59 Å². The van der Waals surface area contributed by atoms with E-state index in [0.29, 0.717) is 41.0 Å². The van der Waals surface area contributed by atoms with E-state index in [2.05, 4.69) is 10.3 Å². The number of hydrogen-bond acceptors (Lipinski definition) is 8. The molecule has 1 saturated heterocycles. The normalized spacial score (nSPS) is 15.9. The minimum Gasteiger partial charge on any atom is -0.493 e. The van der Waals surface area contributed by atoms with Crippen molar-refractivity contribution in [2.24, 2.45) is 0 Å². The maximum atomic E-state index is 11.6. The number of aryl methyl sites for hydroxylation is 2. The zero-order valence-corrected chi connectivity index (χ0v) is 18.0. The zero-order chi connectivity index (χ0) is 21.8. The van der Waals surface area contributed by atoms with Gasteiger partial charge in [-0.15, -0.1) is 0 Å². The van der Waals surface area contributed by atoms with Crippen molar-refractivity contribution in [2.45, 2.75) is 38.0 Å². The average Bonchev–Trinajstić information content (AvgIpc) is 3.48. The summed E-state index contributed by atoms with van der Waals surface area (Å²) in [7, 11) is 1.59. The van der Waals surface area contributed by atoms with Crippen LogP contribution in [0.3, 0.4) is 0 Å². The molecule has 9 heteroatoms. The predicted octanol–water partition coefficient (Wildman–Crippen LogP) is 4.50. The van der Waals surface area contributed by atoms with Crippen LogP contribution in [-0.4, -0.2) is 28.5 Å². The summed E-state index contributed by atoms with van der Waals surface area (Å²) in [5, 5.41) is 1.75. The number of furan rings is 1. The average molecular weight is 442 g/mol. The van der Waals surface area contributed by atoms with Crippen LogP contribution in [0.15, 0.2) is 45.4 Å². The molecule has 0 spiro atoms. The van der Waals surface area contributed by atoms with Gasteiger partial charge in [-0.3, -0.25) is 14.9 Å². The quantitative estimate of drug-likeness (QED) is 0.516. The van der Waals surface area contributed by atoms with Gasteiger partial charge in [-0.05, 0) is 56.0 Å². The molecule has 1 aliphatic rings. The number of imide groups is 1. The Bertz CT molecular complexity index is 1080. The highest BCUT2D eigenvalue weighted by Crippen LogP contribution is 2.31. The van der Waals surface area contributed by atoms with E-state index in [1.807, 2.05) is 25.1 Å². The van der Waals surface area contributed by atoms with E-state index in [1.54, 1.807) is 25.5 Å². The molecule has 0 saturated carbocycles. The molecule has 31 heavy (non-hydrogen) atoms. The molecule has 8 nitrogen and oxygen atoms in total. The Hall–Kier alpha value is -3.20. The molecular formula is C22H22N2O6S. The molecule has 1 aliphatic heterocycles. The van der Waals surface area contributed by atoms with Crippen LogP contribution >= 0.6 is 11.8 Å². The molecule has 1 N–H and O–H groups in total. The fraction of sp³-hybridized carbons (Fsp3) is 0.318. The van der Waals surface area contributed by atoms with Crippen LogP contribution in [0.1, 0.15) is 29.9 Å². The van der Waals surface area contributed by atoms with E-state index < -0.39 is 0 Å². The third-order valence-corrected chi connectivity index (χ3v) is 5.97. The molecule has 2 aromatic heterocycles. The summed E-state index contributed by atoms with van der Waals surface area (Å²) in [6, 6.07) is 9.31. The monoisotopic (exact) mass is 442 g/mol. The van der Waals surface area contributed by atoms with Crippen LogP contribution < -0.4 is 14.8 Å². The van der Waals surface area contributed by atoms with Crippen LogP contribution in [0.2, 0.25) is 0 Å². The van der Waals surface area contributed by atoms with Crippen molar-refractivity contribution in [1.29, 1.82) is 0 Å². The summed E-state index contributed by atoms with van der Waals surface area (Å²) < 4.78 is 22.4. The fourth-order valence-electron chi connectivity index (χ4n) is 3.28. The lowest BCUT2D eigenvalue weighted by Gasteiger charge is -2.12. The number of amides is 2. The van der Waals surface area contributed by atoms with Gasteiger partial charge >= 0.3 is 0 Å². The van der Waals surface area contributed by atoms with E-state index in [-0.39, 0.29) is 23.0 Å². The predicted molar refractivity (Wildman–Crippen MR) is 114 cm³/mol. The topological polar surface area (TPSA) is 104 Å². The van der Waals surface area contributed by atoms with Gasteiger partial charge in [0.15, 0.2) is 17.3 Å². The van der Waals surface area contributed by atoms with Gasteiger partial charge in [-0.2, -0.15) is 0 Å². The third-order valence-electron chi connectivity index (χ3n) is 4.92. The first-order valence-electron chi connectivity index (χ1n) is 9.85. The summed E-state index contributed by atoms with van der Waals surface area (Å²) in [5.41, 5.74) is 1.75. The molecule has 0 unspecified atom stereocenters. The van der Waals surface area contributed by atoms with Gasteiger partial charge < -0.3 is 18.3 Å². The molecule has 162 valence electrons. The lowest BCUT2D eigenvalue weighted by Crippen LogP contribution is -2.24. The molecule has 1 atom stereocenters. The molecular weight excluding hydrogens is 420 g/mol. The van der Waals surface area contributed by atoms with Crippen molar-refractivity contribution in [1.82, 2.24) is 10.3 Å².